The first-order valence-corrected chi connectivity index (χ1v) is 8.17. The summed E-state index contributed by atoms with van der Waals surface area (Å²) in [7, 11) is 0. The molecule has 1 aromatic rings. The molecule has 1 aliphatic heterocycles. The molecule has 1 amide bonds. The summed E-state index contributed by atoms with van der Waals surface area (Å²) in [6, 6.07) is 4.35. The normalized spacial score (nSPS) is 27.6. The Hall–Kier alpha value is -1.42. The molecule has 0 bridgehead atoms. The lowest BCUT2D eigenvalue weighted by molar-refractivity contribution is 0.0489. The zero-order valence-corrected chi connectivity index (χ0v) is 12.9. The smallest absolute Gasteiger partial charge is 0.254 e. The molecule has 114 valence electrons. The van der Waals surface area contributed by atoms with Crippen molar-refractivity contribution in [1.29, 1.82) is 0 Å². The number of piperazine rings is 1. The highest BCUT2D eigenvalue weighted by molar-refractivity contribution is 5.94. The molecule has 0 N–H and O–H groups in total. The summed E-state index contributed by atoms with van der Waals surface area (Å²) < 4.78 is 0. The highest BCUT2D eigenvalue weighted by atomic mass is 16.2. The van der Waals surface area contributed by atoms with Gasteiger partial charge in [-0.1, -0.05) is 19.8 Å². The molecule has 1 saturated heterocycles. The molecule has 2 heterocycles. The van der Waals surface area contributed by atoms with Gasteiger partial charge >= 0.3 is 0 Å². The summed E-state index contributed by atoms with van der Waals surface area (Å²) in [6.45, 7) is 6.12. The van der Waals surface area contributed by atoms with E-state index in [1.807, 2.05) is 4.90 Å². The fourth-order valence-electron chi connectivity index (χ4n) is 3.70. The van der Waals surface area contributed by atoms with Gasteiger partial charge in [0.2, 0.25) is 0 Å². The van der Waals surface area contributed by atoms with E-state index in [2.05, 4.69) is 16.8 Å². The third-order valence-electron chi connectivity index (χ3n) is 4.95. The van der Waals surface area contributed by atoms with Crippen LogP contribution in [0.25, 0.3) is 0 Å². The first kappa shape index (κ1) is 14.5. The lowest BCUT2D eigenvalue weighted by Crippen LogP contribution is -2.52. The molecule has 2 atom stereocenters. The number of pyridine rings is 1. The fraction of sp³-hybridized carbons (Fsp3) is 0.647. The van der Waals surface area contributed by atoms with Crippen molar-refractivity contribution in [3.63, 3.8) is 0 Å². The number of hydrogen-bond donors (Lipinski definition) is 0. The third kappa shape index (κ3) is 3.43. The van der Waals surface area contributed by atoms with Crippen LogP contribution < -0.4 is 0 Å². The van der Waals surface area contributed by atoms with E-state index in [0.29, 0.717) is 0 Å². The Bertz CT molecular complexity index is 468. The summed E-state index contributed by atoms with van der Waals surface area (Å²) in [5, 5.41) is 0. The minimum Gasteiger partial charge on any atom is -0.336 e. The summed E-state index contributed by atoms with van der Waals surface area (Å²) in [4.78, 5) is 21.0. The highest BCUT2D eigenvalue weighted by Gasteiger charge is 2.29. The topological polar surface area (TPSA) is 36.4 Å². The quantitative estimate of drug-likeness (QED) is 0.838. The molecule has 1 aromatic heterocycles. The maximum absolute atomic E-state index is 12.4. The molecule has 0 aromatic carbocycles. The Morgan fingerprint density at radius 1 is 1.14 bits per heavy atom. The highest BCUT2D eigenvalue weighted by Crippen LogP contribution is 2.28. The van der Waals surface area contributed by atoms with Gasteiger partial charge in [0.15, 0.2) is 0 Å². The second kappa shape index (κ2) is 6.56. The number of hydrogen-bond acceptors (Lipinski definition) is 3. The molecule has 2 unspecified atom stereocenters. The fourth-order valence-corrected chi connectivity index (χ4v) is 3.70. The van der Waals surface area contributed by atoms with Crippen LogP contribution in [-0.2, 0) is 0 Å². The van der Waals surface area contributed by atoms with Gasteiger partial charge in [0.1, 0.15) is 0 Å². The van der Waals surface area contributed by atoms with Crippen LogP contribution in [-0.4, -0.2) is 52.9 Å². The summed E-state index contributed by atoms with van der Waals surface area (Å²) in [5.41, 5.74) is 0.754. The second-order valence-electron chi connectivity index (χ2n) is 6.49. The van der Waals surface area contributed by atoms with Gasteiger partial charge in [-0.25, -0.2) is 0 Å². The van der Waals surface area contributed by atoms with Crippen molar-refractivity contribution in [2.75, 3.05) is 26.2 Å². The Labute approximate surface area is 127 Å². The van der Waals surface area contributed by atoms with E-state index in [4.69, 9.17) is 0 Å². The standard InChI is InChI=1S/C17H25N3O/c1-14-3-2-4-16(13-14)19-9-11-20(12-10-19)17(21)15-5-7-18-8-6-15/h5-8,14,16H,2-4,9-13H2,1H3. The van der Waals surface area contributed by atoms with Gasteiger partial charge in [-0.05, 0) is 30.9 Å². The maximum atomic E-state index is 12.4. The Morgan fingerprint density at radius 3 is 2.52 bits per heavy atom. The molecule has 0 spiro atoms. The first-order valence-electron chi connectivity index (χ1n) is 8.17. The molecule has 2 aliphatic rings. The van der Waals surface area contributed by atoms with Crippen molar-refractivity contribution in [3.8, 4) is 0 Å². The number of carbonyl (C=O) groups is 1. The lowest BCUT2D eigenvalue weighted by atomic mass is 9.86. The van der Waals surface area contributed by atoms with Crippen LogP contribution in [0, 0.1) is 5.92 Å². The maximum Gasteiger partial charge on any atom is 0.254 e. The summed E-state index contributed by atoms with van der Waals surface area (Å²) >= 11 is 0. The van der Waals surface area contributed by atoms with E-state index in [-0.39, 0.29) is 5.91 Å². The number of amides is 1. The van der Waals surface area contributed by atoms with E-state index < -0.39 is 0 Å². The van der Waals surface area contributed by atoms with Crippen LogP contribution in [0.1, 0.15) is 43.0 Å². The van der Waals surface area contributed by atoms with Gasteiger partial charge in [0.25, 0.3) is 5.91 Å². The average molecular weight is 287 g/mol. The molecule has 2 fully saturated rings. The molecule has 1 saturated carbocycles. The van der Waals surface area contributed by atoms with Gasteiger partial charge in [0.05, 0.1) is 0 Å². The van der Waals surface area contributed by atoms with Crippen LogP contribution in [0.4, 0.5) is 0 Å². The molecule has 4 nitrogen and oxygen atoms in total. The van der Waals surface area contributed by atoms with Crippen LogP contribution in [0.5, 0.6) is 0 Å². The van der Waals surface area contributed by atoms with Crippen molar-refractivity contribution >= 4 is 5.91 Å². The predicted octanol–water partition coefficient (Wildman–Crippen LogP) is 2.42. The van der Waals surface area contributed by atoms with Gasteiger partial charge in [-0.3, -0.25) is 14.7 Å². The van der Waals surface area contributed by atoms with Crippen molar-refractivity contribution in [2.24, 2.45) is 5.92 Å². The van der Waals surface area contributed by atoms with Crippen molar-refractivity contribution < 1.29 is 4.79 Å². The van der Waals surface area contributed by atoms with Crippen LogP contribution in [0.15, 0.2) is 24.5 Å². The average Bonchev–Trinajstić information content (AvgIpc) is 2.55. The van der Waals surface area contributed by atoms with E-state index in [9.17, 15) is 4.79 Å². The Kier molecular flexibility index (Phi) is 4.54. The largest absolute Gasteiger partial charge is 0.336 e. The van der Waals surface area contributed by atoms with E-state index >= 15 is 0 Å². The molecule has 21 heavy (non-hydrogen) atoms. The van der Waals surface area contributed by atoms with E-state index in [0.717, 1.165) is 43.7 Å². The van der Waals surface area contributed by atoms with Crippen LogP contribution in [0.3, 0.4) is 0 Å². The molecule has 0 radical (unpaired) electrons. The Balaban J connectivity index is 1.54. The molecule has 4 heteroatoms. The monoisotopic (exact) mass is 287 g/mol. The van der Waals surface area contributed by atoms with E-state index in [1.54, 1.807) is 24.5 Å². The molecular weight excluding hydrogens is 262 g/mol. The third-order valence-corrected chi connectivity index (χ3v) is 4.95. The van der Waals surface area contributed by atoms with Crippen molar-refractivity contribution in [1.82, 2.24) is 14.8 Å². The van der Waals surface area contributed by atoms with Crippen molar-refractivity contribution in [3.05, 3.63) is 30.1 Å². The zero-order valence-electron chi connectivity index (χ0n) is 12.9. The van der Waals surface area contributed by atoms with Gasteiger partial charge < -0.3 is 4.90 Å². The van der Waals surface area contributed by atoms with Crippen LogP contribution in [0.2, 0.25) is 0 Å². The van der Waals surface area contributed by atoms with Gasteiger partial charge in [-0.2, -0.15) is 0 Å². The van der Waals surface area contributed by atoms with Crippen molar-refractivity contribution in [2.45, 2.75) is 38.6 Å². The SMILES string of the molecule is CC1CCCC(N2CCN(C(=O)c3ccncc3)CC2)C1. The molecular formula is C17H25N3O. The van der Waals surface area contributed by atoms with Crippen LogP contribution >= 0.6 is 0 Å². The summed E-state index contributed by atoms with van der Waals surface area (Å²) in [5.74, 6) is 1.01. The number of rotatable bonds is 2. The minimum absolute atomic E-state index is 0.147. The molecule has 1 aliphatic carbocycles. The number of aromatic nitrogens is 1. The van der Waals surface area contributed by atoms with Gasteiger partial charge in [-0.15, -0.1) is 0 Å². The minimum atomic E-state index is 0.147. The first-order chi connectivity index (χ1) is 10.2. The van der Waals surface area contributed by atoms with Gasteiger partial charge in [0, 0.05) is 50.2 Å². The summed E-state index contributed by atoms with van der Waals surface area (Å²) in [6.07, 6.45) is 8.79. The number of nitrogens with zero attached hydrogens (tertiary/aromatic N) is 3. The second-order valence-corrected chi connectivity index (χ2v) is 6.49. The zero-order chi connectivity index (χ0) is 14.7. The lowest BCUT2D eigenvalue weighted by Gasteiger charge is -2.42. The molecule has 3 rings (SSSR count). The van der Waals surface area contributed by atoms with E-state index in [1.165, 1.54) is 25.7 Å². The number of carbonyl (C=O) groups excluding carboxylic acids is 1. The Morgan fingerprint density at radius 2 is 1.86 bits per heavy atom. The predicted molar refractivity (Wildman–Crippen MR) is 83.1 cm³/mol.